The summed E-state index contributed by atoms with van der Waals surface area (Å²) in [4.78, 5) is 16.6. The molecule has 0 aliphatic heterocycles. The van der Waals surface area contributed by atoms with E-state index in [1.54, 1.807) is 6.20 Å². The summed E-state index contributed by atoms with van der Waals surface area (Å²) < 4.78 is 1.89. The molecule has 0 aliphatic rings. The van der Waals surface area contributed by atoms with Crippen LogP contribution in [0.3, 0.4) is 0 Å². The quantitative estimate of drug-likeness (QED) is 0.876. The summed E-state index contributed by atoms with van der Waals surface area (Å²) in [6.07, 6.45) is 3.03. The molecule has 0 aliphatic carbocycles. The Balaban J connectivity index is 2.25. The van der Waals surface area contributed by atoms with Crippen LogP contribution < -0.4 is 5.32 Å². The molecule has 1 unspecified atom stereocenters. The second-order valence-electron chi connectivity index (χ2n) is 5.36. The van der Waals surface area contributed by atoms with E-state index in [0.717, 1.165) is 17.8 Å². The number of aliphatic hydroxyl groups is 1. The molecule has 2 aromatic heterocycles. The van der Waals surface area contributed by atoms with Gasteiger partial charge < -0.3 is 14.8 Å². The SMILES string of the molecule is CCC(C)(CCO)NC(=O)c1cn2c(C)cccc2n1. The van der Waals surface area contributed by atoms with Gasteiger partial charge in [-0.2, -0.15) is 0 Å². The fourth-order valence-electron chi connectivity index (χ4n) is 2.17. The monoisotopic (exact) mass is 275 g/mol. The predicted molar refractivity (Wildman–Crippen MR) is 77.8 cm³/mol. The van der Waals surface area contributed by atoms with Gasteiger partial charge in [0, 0.05) is 24.0 Å². The molecule has 0 bridgehead atoms. The van der Waals surface area contributed by atoms with E-state index in [9.17, 15) is 4.79 Å². The zero-order valence-corrected chi connectivity index (χ0v) is 12.2. The van der Waals surface area contributed by atoms with Crippen molar-refractivity contribution < 1.29 is 9.90 Å². The molecule has 2 aromatic rings. The van der Waals surface area contributed by atoms with Gasteiger partial charge in [0.15, 0.2) is 0 Å². The molecule has 2 heterocycles. The van der Waals surface area contributed by atoms with Crippen molar-refractivity contribution in [3.8, 4) is 0 Å². The number of hydrogen-bond acceptors (Lipinski definition) is 3. The maximum Gasteiger partial charge on any atom is 0.271 e. The van der Waals surface area contributed by atoms with Crippen LogP contribution in [0.1, 0.15) is 42.9 Å². The zero-order valence-electron chi connectivity index (χ0n) is 12.2. The molecule has 0 spiro atoms. The highest BCUT2D eigenvalue weighted by molar-refractivity contribution is 5.93. The largest absolute Gasteiger partial charge is 0.396 e. The summed E-state index contributed by atoms with van der Waals surface area (Å²) in [6, 6.07) is 5.76. The Morgan fingerprint density at radius 3 is 2.85 bits per heavy atom. The number of aliphatic hydroxyl groups excluding tert-OH is 1. The van der Waals surface area contributed by atoms with E-state index in [-0.39, 0.29) is 12.5 Å². The Labute approximate surface area is 118 Å². The molecule has 0 saturated heterocycles. The number of pyridine rings is 1. The number of carbonyl (C=O) groups excluding carboxylic acids is 1. The maximum absolute atomic E-state index is 12.3. The minimum Gasteiger partial charge on any atom is -0.396 e. The zero-order chi connectivity index (χ0) is 14.8. The molecule has 5 nitrogen and oxygen atoms in total. The number of aromatic nitrogens is 2. The summed E-state index contributed by atoms with van der Waals surface area (Å²) >= 11 is 0. The minimum absolute atomic E-state index is 0.0505. The van der Waals surface area contributed by atoms with Crippen LogP contribution in [0.4, 0.5) is 0 Å². The van der Waals surface area contributed by atoms with Crippen LogP contribution >= 0.6 is 0 Å². The third-order valence-electron chi connectivity index (χ3n) is 3.79. The van der Waals surface area contributed by atoms with E-state index in [0.29, 0.717) is 12.1 Å². The van der Waals surface area contributed by atoms with Gasteiger partial charge in [-0.25, -0.2) is 4.98 Å². The second kappa shape index (κ2) is 5.63. The van der Waals surface area contributed by atoms with Gasteiger partial charge in [-0.15, -0.1) is 0 Å². The van der Waals surface area contributed by atoms with Crippen LogP contribution in [0.2, 0.25) is 0 Å². The van der Waals surface area contributed by atoms with Gasteiger partial charge in [-0.05, 0) is 38.8 Å². The molecule has 0 radical (unpaired) electrons. The molecule has 108 valence electrons. The van der Waals surface area contributed by atoms with E-state index < -0.39 is 5.54 Å². The van der Waals surface area contributed by atoms with Crippen LogP contribution in [0.5, 0.6) is 0 Å². The highest BCUT2D eigenvalue weighted by Gasteiger charge is 2.25. The molecular weight excluding hydrogens is 254 g/mol. The third kappa shape index (κ3) is 2.82. The van der Waals surface area contributed by atoms with Gasteiger partial charge in [-0.3, -0.25) is 4.79 Å². The van der Waals surface area contributed by atoms with Crippen LogP contribution in [0, 0.1) is 6.92 Å². The summed E-state index contributed by atoms with van der Waals surface area (Å²) in [7, 11) is 0. The van der Waals surface area contributed by atoms with Crippen molar-refractivity contribution in [2.75, 3.05) is 6.61 Å². The first kappa shape index (κ1) is 14.5. The topological polar surface area (TPSA) is 66.6 Å². The summed E-state index contributed by atoms with van der Waals surface area (Å²) in [5, 5.41) is 12.1. The highest BCUT2D eigenvalue weighted by atomic mass is 16.3. The van der Waals surface area contributed by atoms with E-state index in [1.165, 1.54) is 0 Å². The number of hydrogen-bond donors (Lipinski definition) is 2. The van der Waals surface area contributed by atoms with E-state index >= 15 is 0 Å². The Morgan fingerprint density at radius 2 is 2.25 bits per heavy atom. The van der Waals surface area contributed by atoms with Crippen LogP contribution in [-0.4, -0.2) is 32.5 Å². The number of aryl methyl sites for hydroxylation is 1. The van der Waals surface area contributed by atoms with Gasteiger partial charge in [-0.1, -0.05) is 13.0 Å². The third-order valence-corrected chi connectivity index (χ3v) is 3.79. The molecular formula is C15H21N3O2. The number of rotatable bonds is 5. The van der Waals surface area contributed by atoms with Crippen molar-refractivity contribution in [3.63, 3.8) is 0 Å². The smallest absolute Gasteiger partial charge is 0.271 e. The van der Waals surface area contributed by atoms with Gasteiger partial charge in [0.2, 0.25) is 0 Å². The fraction of sp³-hybridized carbons (Fsp3) is 0.467. The molecule has 1 atom stereocenters. The highest BCUT2D eigenvalue weighted by Crippen LogP contribution is 2.15. The number of carbonyl (C=O) groups is 1. The molecule has 2 N–H and O–H groups in total. The summed E-state index contributed by atoms with van der Waals surface area (Å²) in [5.41, 5.74) is 1.78. The lowest BCUT2D eigenvalue weighted by Crippen LogP contribution is -2.46. The lowest BCUT2D eigenvalue weighted by atomic mass is 9.95. The minimum atomic E-state index is -0.406. The summed E-state index contributed by atoms with van der Waals surface area (Å²) in [6.45, 7) is 5.94. The Hall–Kier alpha value is -1.88. The molecule has 5 heteroatoms. The average Bonchev–Trinajstić information content (AvgIpc) is 2.84. The average molecular weight is 275 g/mol. The number of amides is 1. The standard InChI is InChI=1S/C15H21N3O2/c1-4-15(3,8-9-19)17-14(20)12-10-18-11(2)6-5-7-13(18)16-12/h5-7,10,19H,4,8-9H2,1-3H3,(H,17,20). The van der Waals surface area contributed by atoms with Crippen molar-refractivity contribution in [3.05, 3.63) is 35.8 Å². The maximum atomic E-state index is 12.3. The van der Waals surface area contributed by atoms with Crippen LogP contribution in [-0.2, 0) is 0 Å². The van der Waals surface area contributed by atoms with Crippen LogP contribution in [0.15, 0.2) is 24.4 Å². The lowest BCUT2D eigenvalue weighted by Gasteiger charge is -2.28. The van der Waals surface area contributed by atoms with Crippen molar-refractivity contribution >= 4 is 11.6 Å². The Bertz CT molecular complexity index is 621. The van der Waals surface area contributed by atoms with E-state index in [4.69, 9.17) is 5.11 Å². The summed E-state index contributed by atoms with van der Waals surface area (Å²) in [5.74, 6) is -0.203. The Kier molecular flexibility index (Phi) is 4.09. The van der Waals surface area contributed by atoms with E-state index in [2.05, 4.69) is 10.3 Å². The molecule has 0 saturated carbocycles. The van der Waals surface area contributed by atoms with Gasteiger partial charge in [0.1, 0.15) is 11.3 Å². The van der Waals surface area contributed by atoms with Crippen molar-refractivity contribution in [1.29, 1.82) is 0 Å². The number of fused-ring (bicyclic) bond motifs is 1. The molecule has 0 aromatic carbocycles. The first-order chi connectivity index (χ1) is 9.49. The van der Waals surface area contributed by atoms with Crippen molar-refractivity contribution in [1.82, 2.24) is 14.7 Å². The van der Waals surface area contributed by atoms with Crippen molar-refractivity contribution in [2.24, 2.45) is 0 Å². The van der Waals surface area contributed by atoms with Gasteiger partial charge in [0.05, 0.1) is 0 Å². The molecule has 0 fully saturated rings. The molecule has 2 rings (SSSR count). The van der Waals surface area contributed by atoms with Gasteiger partial charge >= 0.3 is 0 Å². The first-order valence-corrected chi connectivity index (χ1v) is 6.87. The van der Waals surface area contributed by atoms with Crippen molar-refractivity contribution in [2.45, 2.75) is 39.2 Å². The number of nitrogens with zero attached hydrogens (tertiary/aromatic N) is 2. The Morgan fingerprint density at radius 1 is 1.50 bits per heavy atom. The molecule has 1 amide bonds. The predicted octanol–water partition coefficient (Wildman–Crippen LogP) is 1.92. The fourth-order valence-corrected chi connectivity index (χ4v) is 2.17. The van der Waals surface area contributed by atoms with Crippen LogP contribution in [0.25, 0.3) is 5.65 Å². The molecule has 20 heavy (non-hydrogen) atoms. The lowest BCUT2D eigenvalue weighted by molar-refractivity contribution is 0.0881. The van der Waals surface area contributed by atoms with Gasteiger partial charge in [0.25, 0.3) is 5.91 Å². The second-order valence-corrected chi connectivity index (χ2v) is 5.36. The normalized spacial score (nSPS) is 14.2. The number of imidazole rings is 1. The van der Waals surface area contributed by atoms with E-state index in [1.807, 2.05) is 43.4 Å². The first-order valence-electron chi connectivity index (χ1n) is 6.87. The number of nitrogens with one attached hydrogen (secondary N) is 1.